The quantitative estimate of drug-likeness (QED) is 0.809. The lowest BCUT2D eigenvalue weighted by Gasteiger charge is -2.21. The standard InChI is InChI=1S/C13H16N2O3/c1-13(12(14)18)6-7-15(8-13)11(17)9-4-2-3-5-10(9)16/h2-5,16H,6-8H2,1H3,(H2,14,18). The summed E-state index contributed by atoms with van der Waals surface area (Å²) in [7, 11) is 0. The molecule has 18 heavy (non-hydrogen) atoms. The number of phenols is 1. The Labute approximate surface area is 105 Å². The molecule has 0 spiro atoms. The Morgan fingerprint density at radius 3 is 2.61 bits per heavy atom. The Hall–Kier alpha value is -2.04. The summed E-state index contributed by atoms with van der Waals surface area (Å²) in [5.41, 5.74) is 4.93. The van der Waals surface area contributed by atoms with Crippen LogP contribution in [0.25, 0.3) is 0 Å². The number of likely N-dealkylation sites (tertiary alicyclic amines) is 1. The topological polar surface area (TPSA) is 83.6 Å². The van der Waals surface area contributed by atoms with E-state index in [1.807, 2.05) is 0 Å². The zero-order valence-corrected chi connectivity index (χ0v) is 10.2. The second kappa shape index (κ2) is 4.33. The van der Waals surface area contributed by atoms with Crippen LogP contribution in [0.15, 0.2) is 24.3 Å². The van der Waals surface area contributed by atoms with Crippen molar-refractivity contribution in [3.05, 3.63) is 29.8 Å². The van der Waals surface area contributed by atoms with Gasteiger partial charge in [-0.25, -0.2) is 0 Å². The lowest BCUT2D eigenvalue weighted by molar-refractivity contribution is -0.126. The van der Waals surface area contributed by atoms with E-state index in [2.05, 4.69) is 0 Å². The van der Waals surface area contributed by atoms with E-state index in [0.717, 1.165) is 0 Å². The van der Waals surface area contributed by atoms with Gasteiger partial charge < -0.3 is 15.7 Å². The molecular weight excluding hydrogens is 232 g/mol. The van der Waals surface area contributed by atoms with E-state index in [0.29, 0.717) is 19.5 Å². The summed E-state index contributed by atoms with van der Waals surface area (Å²) in [5, 5.41) is 9.64. The van der Waals surface area contributed by atoms with Crippen LogP contribution in [0.4, 0.5) is 0 Å². The number of benzene rings is 1. The van der Waals surface area contributed by atoms with Crippen molar-refractivity contribution in [2.45, 2.75) is 13.3 Å². The predicted molar refractivity (Wildman–Crippen MR) is 65.9 cm³/mol. The number of hydrogen-bond donors (Lipinski definition) is 2. The summed E-state index contributed by atoms with van der Waals surface area (Å²) in [6.45, 7) is 2.54. The number of hydrogen-bond acceptors (Lipinski definition) is 3. The SMILES string of the molecule is CC1(C(N)=O)CCN(C(=O)c2ccccc2O)C1. The molecule has 0 aromatic heterocycles. The molecule has 1 saturated heterocycles. The number of aromatic hydroxyl groups is 1. The summed E-state index contributed by atoms with van der Waals surface area (Å²) in [6.07, 6.45) is 0.557. The van der Waals surface area contributed by atoms with Crippen LogP contribution in [0.3, 0.4) is 0 Å². The monoisotopic (exact) mass is 248 g/mol. The molecule has 5 nitrogen and oxygen atoms in total. The van der Waals surface area contributed by atoms with E-state index in [1.165, 1.54) is 6.07 Å². The molecule has 2 amide bonds. The largest absolute Gasteiger partial charge is 0.507 e. The smallest absolute Gasteiger partial charge is 0.257 e. The van der Waals surface area contributed by atoms with E-state index >= 15 is 0 Å². The molecule has 1 aliphatic rings. The first kappa shape index (κ1) is 12.4. The van der Waals surface area contributed by atoms with Gasteiger partial charge in [0.05, 0.1) is 11.0 Å². The van der Waals surface area contributed by atoms with Crippen LogP contribution in [0.5, 0.6) is 5.75 Å². The number of nitrogens with two attached hydrogens (primary N) is 1. The number of para-hydroxylation sites is 1. The highest BCUT2D eigenvalue weighted by atomic mass is 16.3. The summed E-state index contributed by atoms with van der Waals surface area (Å²) in [6, 6.07) is 6.38. The van der Waals surface area contributed by atoms with Crippen molar-refractivity contribution in [1.29, 1.82) is 0 Å². The molecule has 1 aromatic carbocycles. The summed E-state index contributed by atoms with van der Waals surface area (Å²) in [4.78, 5) is 25.1. The van der Waals surface area contributed by atoms with Crippen LogP contribution < -0.4 is 5.73 Å². The third-order valence-electron chi connectivity index (χ3n) is 3.49. The minimum Gasteiger partial charge on any atom is -0.507 e. The van der Waals surface area contributed by atoms with Crippen LogP contribution >= 0.6 is 0 Å². The fraction of sp³-hybridized carbons (Fsp3) is 0.385. The van der Waals surface area contributed by atoms with Gasteiger partial charge in [-0.2, -0.15) is 0 Å². The van der Waals surface area contributed by atoms with Crippen molar-refractivity contribution < 1.29 is 14.7 Å². The molecule has 0 aliphatic carbocycles. The summed E-state index contributed by atoms with van der Waals surface area (Å²) < 4.78 is 0. The lowest BCUT2D eigenvalue weighted by atomic mass is 9.89. The second-order valence-corrected chi connectivity index (χ2v) is 4.92. The highest BCUT2D eigenvalue weighted by Gasteiger charge is 2.41. The zero-order chi connectivity index (χ0) is 13.3. The van der Waals surface area contributed by atoms with Gasteiger partial charge in [0.2, 0.25) is 5.91 Å². The molecule has 2 rings (SSSR count). The van der Waals surface area contributed by atoms with Gasteiger partial charge in [0.15, 0.2) is 0 Å². The number of amides is 2. The Morgan fingerprint density at radius 2 is 2.06 bits per heavy atom. The number of phenolic OH excluding ortho intramolecular Hbond substituents is 1. The van der Waals surface area contributed by atoms with Crippen LogP contribution in [-0.2, 0) is 4.79 Å². The Kier molecular flexibility index (Phi) is 2.98. The van der Waals surface area contributed by atoms with Crippen molar-refractivity contribution in [2.75, 3.05) is 13.1 Å². The molecule has 0 radical (unpaired) electrons. The molecule has 0 bridgehead atoms. The van der Waals surface area contributed by atoms with Crippen molar-refractivity contribution in [3.8, 4) is 5.75 Å². The van der Waals surface area contributed by atoms with E-state index in [9.17, 15) is 14.7 Å². The van der Waals surface area contributed by atoms with Gasteiger partial charge >= 0.3 is 0 Å². The highest BCUT2D eigenvalue weighted by Crippen LogP contribution is 2.31. The number of primary amides is 1. The maximum atomic E-state index is 12.2. The maximum absolute atomic E-state index is 12.2. The second-order valence-electron chi connectivity index (χ2n) is 4.92. The molecule has 5 heteroatoms. The summed E-state index contributed by atoms with van der Waals surface area (Å²) >= 11 is 0. The number of rotatable bonds is 2. The minimum absolute atomic E-state index is 0.0461. The average molecular weight is 248 g/mol. The normalized spacial score (nSPS) is 23.1. The lowest BCUT2D eigenvalue weighted by Crippen LogP contribution is -2.38. The summed E-state index contributed by atoms with van der Waals surface area (Å²) in [5.74, 6) is -0.705. The molecule has 1 unspecified atom stereocenters. The average Bonchev–Trinajstić information content (AvgIpc) is 2.73. The first-order valence-electron chi connectivity index (χ1n) is 5.81. The Bertz CT molecular complexity index is 501. The van der Waals surface area contributed by atoms with Crippen molar-refractivity contribution in [1.82, 2.24) is 4.90 Å². The number of carbonyl (C=O) groups is 2. The van der Waals surface area contributed by atoms with Crippen molar-refractivity contribution >= 4 is 11.8 Å². The van der Waals surface area contributed by atoms with Gasteiger partial charge in [-0.15, -0.1) is 0 Å². The zero-order valence-electron chi connectivity index (χ0n) is 10.2. The third kappa shape index (κ3) is 2.03. The van der Waals surface area contributed by atoms with Crippen LogP contribution in [0.1, 0.15) is 23.7 Å². The molecule has 1 aromatic rings. The van der Waals surface area contributed by atoms with Gasteiger partial charge in [0, 0.05) is 13.1 Å². The van der Waals surface area contributed by atoms with E-state index in [4.69, 9.17) is 5.73 Å². The Balaban J connectivity index is 2.18. The number of nitrogens with zero attached hydrogens (tertiary/aromatic N) is 1. The van der Waals surface area contributed by atoms with Gasteiger partial charge in [-0.1, -0.05) is 12.1 Å². The van der Waals surface area contributed by atoms with Crippen molar-refractivity contribution in [3.63, 3.8) is 0 Å². The third-order valence-corrected chi connectivity index (χ3v) is 3.49. The predicted octanol–water partition coefficient (Wildman–Crippen LogP) is 0.730. The number of carbonyl (C=O) groups excluding carboxylic acids is 2. The van der Waals surface area contributed by atoms with Gasteiger partial charge in [0.25, 0.3) is 5.91 Å². The molecular formula is C13H16N2O3. The van der Waals surface area contributed by atoms with Crippen molar-refractivity contribution in [2.24, 2.45) is 11.1 Å². The molecule has 96 valence electrons. The van der Waals surface area contributed by atoms with Gasteiger partial charge in [-0.3, -0.25) is 9.59 Å². The molecule has 0 saturated carbocycles. The maximum Gasteiger partial charge on any atom is 0.257 e. The van der Waals surface area contributed by atoms with Crippen LogP contribution in [-0.4, -0.2) is 34.9 Å². The first-order valence-corrected chi connectivity index (χ1v) is 5.81. The highest BCUT2D eigenvalue weighted by molar-refractivity contribution is 5.97. The van der Waals surface area contributed by atoms with E-state index in [1.54, 1.807) is 30.0 Å². The molecule has 1 fully saturated rings. The molecule has 1 atom stereocenters. The minimum atomic E-state index is -0.667. The van der Waals surface area contributed by atoms with Crippen LogP contribution in [0.2, 0.25) is 0 Å². The fourth-order valence-electron chi connectivity index (χ4n) is 2.16. The van der Waals surface area contributed by atoms with Crippen LogP contribution in [0, 0.1) is 5.41 Å². The first-order chi connectivity index (χ1) is 8.44. The fourth-order valence-corrected chi connectivity index (χ4v) is 2.16. The van der Waals surface area contributed by atoms with Gasteiger partial charge in [0.1, 0.15) is 5.75 Å². The van der Waals surface area contributed by atoms with E-state index < -0.39 is 11.3 Å². The van der Waals surface area contributed by atoms with E-state index in [-0.39, 0.29) is 17.2 Å². The molecule has 3 N–H and O–H groups in total. The molecule has 1 aliphatic heterocycles. The molecule has 1 heterocycles. The Morgan fingerprint density at radius 1 is 1.39 bits per heavy atom. The van der Waals surface area contributed by atoms with Gasteiger partial charge in [-0.05, 0) is 25.5 Å².